The molecular weight excluding hydrogens is 474 g/mol. The molecule has 4 rings (SSSR count). The van der Waals surface area contributed by atoms with Crippen molar-refractivity contribution in [2.75, 3.05) is 31.1 Å². The first kappa shape index (κ1) is 27.5. The minimum Gasteiger partial charge on any atom is -0.339 e. The van der Waals surface area contributed by atoms with E-state index in [1.807, 2.05) is 46.8 Å². The molecule has 1 aliphatic heterocycles. The number of rotatable bonds is 13. The second-order valence-corrected chi connectivity index (χ2v) is 10.1. The van der Waals surface area contributed by atoms with E-state index in [4.69, 9.17) is 10.5 Å². The molecule has 1 fully saturated rings. The fourth-order valence-electron chi connectivity index (χ4n) is 4.96. The Hall–Kier alpha value is -3.55. The molecule has 0 radical (unpaired) electrons. The maximum absolute atomic E-state index is 12.6. The monoisotopic (exact) mass is 515 g/mol. The molecule has 0 unspecified atom stereocenters. The molecule has 202 valence electrons. The molecule has 1 aliphatic rings. The largest absolute Gasteiger partial charge is 0.339 e. The number of benzene rings is 1. The van der Waals surface area contributed by atoms with E-state index in [1.54, 1.807) is 12.4 Å². The summed E-state index contributed by atoms with van der Waals surface area (Å²) in [6, 6.07) is 14.0. The molecule has 0 spiro atoms. The maximum atomic E-state index is 12.6. The van der Waals surface area contributed by atoms with Crippen LogP contribution in [0.3, 0.4) is 0 Å². The molecular formula is C30H41N7O. The summed E-state index contributed by atoms with van der Waals surface area (Å²) in [5.74, 6) is 1.04. The van der Waals surface area contributed by atoms with E-state index in [1.165, 1.54) is 25.7 Å². The van der Waals surface area contributed by atoms with Crippen LogP contribution in [0.5, 0.6) is 0 Å². The van der Waals surface area contributed by atoms with Gasteiger partial charge in [0.2, 0.25) is 11.9 Å². The van der Waals surface area contributed by atoms with E-state index in [-0.39, 0.29) is 5.91 Å². The number of piperazine rings is 1. The van der Waals surface area contributed by atoms with E-state index in [0.717, 1.165) is 81.2 Å². The van der Waals surface area contributed by atoms with E-state index >= 15 is 0 Å². The van der Waals surface area contributed by atoms with Gasteiger partial charge in [0.05, 0.1) is 5.69 Å². The van der Waals surface area contributed by atoms with E-state index in [9.17, 15) is 4.79 Å². The number of amides is 1. The fourth-order valence-corrected chi connectivity index (χ4v) is 4.96. The van der Waals surface area contributed by atoms with Gasteiger partial charge in [0.25, 0.3) is 0 Å². The summed E-state index contributed by atoms with van der Waals surface area (Å²) < 4.78 is 1.85. The quantitative estimate of drug-likeness (QED) is 0.324. The van der Waals surface area contributed by atoms with Crippen LogP contribution in [0.2, 0.25) is 0 Å². The highest BCUT2D eigenvalue weighted by Crippen LogP contribution is 2.16. The van der Waals surface area contributed by atoms with Gasteiger partial charge in [-0.15, -0.1) is 0 Å². The lowest BCUT2D eigenvalue weighted by molar-refractivity contribution is -0.131. The Labute approximate surface area is 226 Å². The zero-order valence-corrected chi connectivity index (χ0v) is 22.7. The van der Waals surface area contributed by atoms with Gasteiger partial charge in [-0.2, -0.15) is 5.10 Å². The number of hydrogen-bond acceptors (Lipinski definition) is 6. The number of unbranched alkanes of at least 4 members (excludes halogenated alkanes) is 7. The van der Waals surface area contributed by atoms with Crippen LogP contribution in [0.4, 0.5) is 5.95 Å². The van der Waals surface area contributed by atoms with E-state index in [2.05, 4.69) is 27.0 Å². The third-order valence-corrected chi connectivity index (χ3v) is 7.26. The number of hydrogen-bond donors (Lipinski definition) is 1. The minimum absolute atomic E-state index is 0.282. The lowest BCUT2D eigenvalue weighted by Crippen LogP contribution is -2.49. The topological polar surface area (TPSA) is 91.0 Å². The second-order valence-electron chi connectivity index (χ2n) is 10.1. The molecule has 1 saturated heterocycles. The summed E-state index contributed by atoms with van der Waals surface area (Å²) >= 11 is 0. The van der Waals surface area contributed by atoms with Crippen molar-refractivity contribution in [1.29, 1.82) is 5.41 Å². The summed E-state index contributed by atoms with van der Waals surface area (Å²) in [6.07, 6.45) is 13.3. The molecule has 1 amide bonds. The number of aryl methyl sites for hydroxylation is 2. The molecule has 1 aromatic carbocycles. The van der Waals surface area contributed by atoms with Crippen molar-refractivity contribution in [2.45, 2.75) is 71.3 Å². The molecule has 0 saturated carbocycles. The summed E-state index contributed by atoms with van der Waals surface area (Å²) in [4.78, 5) is 25.3. The summed E-state index contributed by atoms with van der Waals surface area (Å²) in [5, 5.41) is 13.1. The first-order chi connectivity index (χ1) is 18.6. The van der Waals surface area contributed by atoms with Gasteiger partial charge >= 0.3 is 0 Å². The molecule has 2 aromatic heterocycles. The van der Waals surface area contributed by atoms with E-state index in [0.29, 0.717) is 11.9 Å². The molecule has 8 nitrogen and oxygen atoms in total. The molecule has 3 heterocycles. The van der Waals surface area contributed by atoms with Crippen molar-refractivity contribution in [3.63, 3.8) is 0 Å². The Morgan fingerprint density at radius 1 is 0.842 bits per heavy atom. The Kier molecular flexibility index (Phi) is 10.4. The number of nitrogens with one attached hydrogen (secondary N) is 1. The van der Waals surface area contributed by atoms with Crippen molar-refractivity contribution in [2.24, 2.45) is 0 Å². The lowest BCUT2D eigenvalue weighted by Gasteiger charge is -2.34. The average molecular weight is 516 g/mol. The number of nitrogens with zero attached hydrogens (tertiary/aromatic N) is 6. The third kappa shape index (κ3) is 7.97. The first-order valence-corrected chi connectivity index (χ1v) is 14.1. The number of aromatic nitrogens is 4. The van der Waals surface area contributed by atoms with Gasteiger partial charge in [0.15, 0.2) is 0 Å². The SMILES string of the molecule is Cc1cc(-c2ccccc2)nn(CCCCCCCCCCC(=O)N2CCN(c3ncccn3)CC2)c1=N. The minimum atomic E-state index is 0.282. The standard InChI is InChI=1S/C30H41N7O/c1-25-24-27(26-14-9-8-10-15-26)34-37(29(25)31)19-12-7-5-3-2-4-6-11-16-28(38)35-20-22-36(23-21-35)30-32-17-13-18-33-30/h8-10,13-15,17-18,24,31H,2-7,11-12,16,19-23H2,1H3. The Balaban J connectivity index is 1.04. The number of anilines is 1. The maximum Gasteiger partial charge on any atom is 0.225 e. The highest BCUT2D eigenvalue weighted by Gasteiger charge is 2.21. The highest BCUT2D eigenvalue weighted by molar-refractivity contribution is 5.76. The second kappa shape index (κ2) is 14.4. The smallest absolute Gasteiger partial charge is 0.225 e. The zero-order valence-electron chi connectivity index (χ0n) is 22.7. The highest BCUT2D eigenvalue weighted by atomic mass is 16.2. The van der Waals surface area contributed by atoms with Crippen molar-refractivity contribution < 1.29 is 4.79 Å². The normalized spacial score (nSPS) is 13.6. The molecule has 0 aliphatic carbocycles. The van der Waals surface area contributed by atoms with Gasteiger partial charge < -0.3 is 9.80 Å². The van der Waals surface area contributed by atoms with Gasteiger partial charge in [-0.25, -0.2) is 14.6 Å². The van der Waals surface area contributed by atoms with Crippen LogP contribution in [0, 0.1) is 12.3 Å². The van der Waals surface area contributed by atoms with Gasteiger partial charge in [-0.1, -0.05) is 68.9 Å². The molecule has 0 bridgehead atoms. The Morgan fingerprint density at radius 3 is 2.16 bits per heavy atom. The van der Waals surface area contributed by atoms with Gasteiger partial charge in [-0.05, 0) is 37.5 Å². The molecule has 8 heteroatoms. The zero-order chi connectivity index (χ0) is 26.6. The van der Waals surface area contributed by atoms with Crippen LogP contribution in [-0.2, 0) is 11.3 Å². The van der Waals surface area contributed by atoms with Crippen LogP contribution < -0.4 is 10.4 Å². The third-order valence-electron chi connectivity index (χ3n) is 7.26. The van der Waals surface area contributed by atoms with Crippen LogP contribution in [-0.4, -0.2) is 56.7 Å². The van der Waals surface area contributed by atoms with Crippen molar-refractivity contribution in [1.82, 2.24) is 24.6 Å². The fraction of sp³-hybridized carbons (Fsp3) is 0.500. The summed E-state index contributed by atoms with van der Waals surface area (Å²) in [7, 11) is 0. The first-order valence-electron chi connectivity index (χ1n) is 14.1. The summed E-state index contributed by atoms with van der Waals surface area (Å²) in [5.41, 5.74) is 3.49. The van der Waals surface area contributed by atoms with Crippen molar-refractivity contribution in [3.8, 4) is 11.3 Å². The Bertz CT molecular complexity index is 1190. The molecule has 3 aromatic rings. The van der Waals surface area contributed by atoms with Crippen LogP contribution >= 0.6 is 0 Å². The van der Waals surface area contributed by atoms with Crippen LogP contribution in [0.1, 0.15) is 63.4 Å². The van der Waals surface area contributed by atoms with Crippen molar-refractivity contribution >= 4 is 11.9 Å². The summed E-state index contributed by atoms with van der Waals surface area (Å²) in [6.45, 7) is 5.87. The van der Waals surface area contributed by atoms with Crippen LogP contribution in [0.15, 0.2) is 54.9 Å². The van der Waals surface area contributed by atoms with Gasteiger partial charge in [-0.3, -0.25) is 10.2 Å². The van der Waals surface area contributed by atoms with Crippen LogP contribution in [0.25, 0.3) is 11.3 Å². The molecule has 38 heavy (non-hydrogen) atoms. The number of carbonyl (C=O) groups is 1. The number of carbonyl (C=O) groups excluding carboxylic acids is 1. The molecule has 1 N–H and O–H groups in total. The van der Waals surface area contributed by atoms with E-state index < -0.39 is 0 Å². The molecule has 0 atom stereocenters. The van der Waals surface area contributed by atoms with Gasteiger partial charge in [0, 0.05) is 57.1 Å². The Morgan fingerprint density at radius 2 is 1.47 bits per heavy atom. The predicted octanol–water partition coefficient (Wildman–Crippen LogP) is 4.99. The average Bonchev–Trinajstić information content (AvgIpc) is 2.97. The predicted molar refractivity (Wildman–Crippen MR) is 151 cm³/mol. The van der Waals surface area contributed by atoms with Gasteiger partial charge in [0.1, 0.15) is 5.49 Å². The van der Waals surface area contributed by atoms with Crippen molar-refractivity contribution in [3.05, 3.63) is 65.9 Å². The lowest BCUT2D eigenvalue weighted by atomic mass is 10.1.